The SMILES string of the molecule is CC(C#N)CNC1(C)CCOC1. The van der Waals surface area contributed by atoms with Crippen molar-refractivity contribution in [3.63, 3.8) is 0 Å². The molecule has 0 aliphatic carbocycles. The lowest BCUT2D eigenvalue weighted by Gasteiger charge is -2.24. The minimum atomic E-state index is 0.0856. The van der Waals surface area contributed by atoms with Gasteiger partial charge in [-0.15, -0.1) is 0 Å². The second-order valence-electron chi connectivity index (χ2n) is 3.77. The maximum atomic E-state index is 8.57. The highest BCUT2D eigenvalue weighted by atomic mass is 16.5. The Bertz CT molecular complexity index is 179. The van der Waals surface area contributed by atoms with E-state index in [4.69, 9.17) is 10.00 Å². The van der Waals surface area contributed by atoms with Crippen LogP contribution >= 0.6 is 0 Å². The highest BCUT2D eigenvalue weighted by molar-refractivity contribution is 4.90. The Kier molecular flexibility index (Phi) is 3.07. The van der Waals surface area contributed by atoms with Crippen LogP contribution in [0.25, 0.3) is 0 Å². The van der Waals surface area contributed by atoms with Crippen molar-refractivity contribution in [3.8, 4) is 6.07 Å². The molecule has 3 nitrogen and oxygen atoms in total. The van der Waals surface area contributed by atoms with E-state index in [1.54, 1.807) is 0 Å². The van der Waals surface area contributed by atoms with E-state index >= 15 is 0 Å². The zero-order valence-corrected chi connectivity index (χ0v) is 7.76. The highest BCUT2D eigenvalue weighted by Gasteiger charge is 2.28. The molecule has 0 aromatic rings. The first kappa shape index (κ1) is 9.50. The molecule has 12 heavy (non-hydrogen) atoms. The van der Waals surface area contributed by atoms with Crippen LogP contribution < -0.4 is 5.32 Å². The number of hydrogen-bond donors (Lipinski definition) is 1. The Morgan fingerprint density at radius 3 is 3.00 bits per heavy atom. The molecule has 1 aliphatic heterocycles. The molecule has 0 aromatic carbocycles. The van der Waals surface area contributed by atoms with Gasteiger partial charge >= 0.3 is 0 Å². The molecular weight excluding hydrogens is 152 g/mol. The van der Waals surface area contributed by atoms with Crippen LogP contribution in [-0.4, -0.2) is 25.3 Å². The van der Waals surface area contributed by atoms with Crippen molar-refractivity contribution >= 4 is 0 Å². The van der Waals surface area contributed by atoms with Crippen molar-refractivity contribution in [1.29, 1.82) is 5.26 Å². The van der Waals surface area contributed by atoms with Gasteiger partial charge in [0.25, 0.3) is 0 Å². The van der Waals surface area contributed by atoms with Crippen LogP contribution in [0.3, 0.4) is 0 Å². The lowest BCUT2D eigenvalue weighted by molar-refractivity contribution is 0.171. The second-order valence-corrected chi connectivity index (χ2v) is 3.77. The van der Waals surface area contributed by atoms with E-state index in [0.717, 1.165) is 26.2 Å². The summed E-state index contributed by atoms with van der Waals surface area (Å²) in [5.74, 6) is 0.0856. The second kappa shape index (κ2) is 3.88. The minimum Gasteiger partial charge on any atom is -0.379 e. The summed E-state index contributed by atoms with van der Waals surface area (Å²) in [7, 11) is 0. The quantitative estimate of drug-likeness (QED) is 0.681. The Morgan fingerprint density at radius 2 is 2.50 bits per heavy atom. The van der Waals surface area contributed by atoms with Crippen molar-refractivity contribution < 1.29 is 4.74 Å². The molecule has 1 N–H and O–H groups in total. The number of hydrogen-bond acceptors (Lipinski definition) is 3. The summed E-state index contributed by atoms with van der Waals surface area (Å²) in [5.41, 5.74) is 0.102. The van der Waals surface area contributed by atoms with Gasteiger partial charge in [0, 0.05) is 18.7 Å². The molecule has 0 spiro atoms. The summed E-state index contributed by atoms with van der Waals surface area (Å²) in [4.78, 5) is 0. The maximum Gasteiger partial charge on any atom is 0.0666 e. The Morgan fingerprint density at radius 1 is 1.75 bits per heavy atom. The van der Waals surface area contributed by atoms with Crippen LogP contribution in [0.15, 0.2) is 0 Å². The molecule has 2 atom stereocenters. The predicted molar refractivity (Wildman–Crippen MR) is 46.6 cm³/mol. The first-order chi connectivity index (χ1) is 5.66. The van der Waals surface area contributed by atoms with E-state index in [1.807, 2.05) is 6.92 Å². The summed E-state index contributed by atoms with van der Waals surface area (Å²) in [6.07, 6.45) is 1.05. The standard InChI is InChI=1S/C9H16N2O/c1-8(5-10)6-11-9(2)3-4-12-7-9/h8,11H,3-4,6-7H2,1-2H3. The van der Waals surface area contributed by atoms with Crippen LogP contribution in [0.2, 0.25) is 0 Å². The molecule has 1 rings (SSSR count). The van der Waals surface area contributed by atoms with Gasteiger partial charge < -0.3 is 10.1 Å². The van der Waals surface area contributed by atoms with E-state index in [1.165, 1.54) is 0 Å². The third-order valence-electron chi connectivity index (χ3n) is 2.27. The number of nitrogens with zero attached hydrogens (tertiary/aromatic N) is 1. The smallest absolute Gasteiger partial charge is 0.0666 e. The number of nitriles is 1. The van der Waals surface area contributed by atoms with Gasteiger partial charge in [0.15, 0.2) is 0 Å². The van der Waals surface area contributed by atoms with Crippen LogP contribution in [0, 0.1) is 17.2 Å². The molecule has 68 valence electrons. The van der Waals surface area contributed by atoms with Crippen molar-refractivity contribution in [1.82, 2.24) is 5.32 Å². The van der Waals surface area contributed by atoms with Crippen molar-refractivity contribution in [2.24, 2.45) is 5.92 Å². The van der Waals surface area contributed by atoms with Crippen molar-refractivity contribution in [2.45, 2.75) is 25.8 Å². The highest BCUT2D eigenvalue weighted by Crippen LogP contribution is 2.17. The molecule has 1 fully saturated rings. The lowest BCUT2D eigenvalue weighted by atomic mass is 10.0. The summed E-state index contributed by atoms with van der Waals surface area (Å²) in [6.45, 7) is 6.43. The van der Waals surface area contributed by atoms with Gasteiger partial charge in [-0.3, -0.25) is 0 Å². The van der Waals surface area contributed by atoms with Gasteiger partial charge in [-0.05, 0) is 20.3 Å². The van der Waals surface area contributed by atoms with Gasteiger partial charge in [-0.2, -0.15) is 5.26 Å². The Hall–Kier alpha value is -0.590. The molecule has 1 aliphatic rings. The van der Waals surface area contributed by atoms with Gasteiger partial charge in [-0.25, -0.2) is 0 Å². The third-order valence-corrected chi connectivity index (χ3v) is 2.27. The third kappa shape index (κ3) is 2.47. The van der Waals surface area contributed by atoms with E-state index in [2.05, 4.69) is 18.3 Å². The minimum absolute atomic E-state index is 0.0856. The van der Waals surface area contributed by atoms with Gasteiger partial charge in [0.1, 0.15) is 0 Å². The van der Waals surface area contributed by atoms with Crippen LogP contribution in [0.4, 0.5) is 0 Å². The van der Waals surface area contributed by atoms with E-state index in [-0.39, 0.29) is 11.5 Å². The molecule has 0 amide bonds. The van der Waals surface area contributed by atoms with Gasteiger partial charge in [0.05, 0.1) is 18.6 Å². The Balaban J connectivity index is 2.26. The molecule has 0 aromatic heterocycles. The molecule has 0 saturated carbocycles. The zero-order chi connectivity index (χ0) is 9.03. The number of nitrogens with one attached hydrogen (secondary N) is 1. The molecule has 0 radical (unpaired) electrons. The molecule has 1 saturated heterocycles. The molecule has 0 bridgehead atoms. The summed E-state index contributed by atoms with van der Waals surface area (Å²) >= 11 is 0. The average Bonchev–Trinajstić information content (AvgIpc) is 2.49. The van der Waals surface area contributed by atoms with E-state index < -0.39 is 0 Å². The van der Waals surface area contributed by atoms with Gasteiger partial charge in [-0.1, -0.05) is 0 Å². The number of rotatable bonds is 3. The van der Waals surface area contributed by atoms with Gasteiger partial charge in [0.2, 0.25) is 0 Å². The van der Waals surface area contributed by atoms with Crippen LogP contribution in [0.5, 0.6) is 0 Å². The molecule has 3 heteroatoms. The molecular formula is C9H16N2O. The maximum absolute atomic E-state index is 8.57. The largest absolute Gasteiger partial charge is 0.379 e. The fraction of sp³-hybridized carbons (Fsp3) is 0.889. The first-order valence-corrected chi connectivity index (χ1v) is 4.39. The summed E-state index contributed by atoms with van der Waals surface area (Å²) < 4.78 is 5.28. The van der Waals surface area contributed by atoms with Crippen LogP contribution in [-0.2, 0) is 4.74 Å². The zero-order valence-electron chi connectivity index (χ0n) is 7.76. The normalized spacial score (nSPS) is 31.4. The lowest BCUT2D eigenvalue weighted by Crippen LogP contribution is -2.44. The van der Waals surface area contributed by atoms with E-state index in [9.17, 15) is 0 Å². The molecule has 2 unspecified atom stereocenters. The topological polar surface area (TPSA) is 45.0 Å². The first-order valence-electron chi connectivity index (χ1n) is 4.39. The number of ether oxygens (including phenoxy) is 1. The fourth-order valence-electron chi connectivity index (χ4n) is 1.25. The average molecular weight is 168 g/mol. The summed E-state index contributed by atoms with van der Waals surface area (Å²) in [5, 5.41) is 11.9. The van der Waals surface area contributed by atoms with Crippen LogP contribution in [0.1, 0.15) is 20.3 Å². The van der Waals surface area contributed by atoms with Crippen molar-refractivity contribution in [3.05, 3.63) is 0 Å². The van der Waals surface area contributed by atoms with E-state index in [0.29, 0.717) is 0 Å². The molecule has 1 heterocycles. The predicted octanol–water partition coefficient (Wildman–Crippen LogP) is 0.915. The Labute approximate surface area is 73.7 Å². The van der Waals surface area contributed by atoms with Crippen molar-refractivity contribution in [2.75, 3.05) is 19.8 Å². The summed E-state index contributed by atoms with van der Waals surface area (Å²) in [6, 6.07) is 2.20. The fourth-order valence-corrected chi connectivity index (χ4v) is 1.25. The monoisotopic (exact) mass is 168 g/mol.